The van der Waals surface area contributed by atoms with E-state index in [9.17, 15) is 9.59 Å². The molecule has 0 saturated carbocycles. The number of pyridine rings is 1. The van der Waals surface area contributed by atoms with E-state index in [0.717, 1.165) is 0 Å². The molecule has 0 atom stereocenters. The van der Waals surface area contributed by atoms with E-state index in [1.807, 2.05) is 0 Å². The summed E-state index contributed by atoms with van der Waals surface area (Å²) in [7, 11) is 0. The number of hydrogen-bond acceptors (Lipinski definition) is 2. The van der Waals surface area contributed by atoms with Crippen LogP contribution in [-0.4, -0.2) is 11.0 Å². The Hall–Kier alpha value is -1.49. The Kier molecular flexibility index (Phi) is 2.35. The minimum absolute atomic E-state index is 0.0370. The molecule has 12 heavy (non-hydrogen) atoms. The normalized spacial score (nSPS) is 9.42. The lowest BCUT2D eigenvalue weighted by molar-refractivity contribution is 0.259. The van der Waals surface area contributed by atoms with Gasteiger partial charge in [0.2, 0.25) is 0 Å². The van der Waals surface area contributed by atoms with Gasteiger partial charge in [-0.2, -0.15) is 0 Å². The molecule has 4 N–H and O–H groups in total. The van der Waals surface area contributed by atoms with Crippen LogP contribution in [0, 0.1) is 0 Å². The summed E-state index contributed by atoms with van der Waals surface area (Å²) < 4.78 is 0. The van der Waals surface area contributed by atoms with Gasteiger partial charge in [0.25, 0.3) is 5.56 Å². The quantitative estimate of drug-likeness (QED) is 0.599. The predicted octanol–water partition coefficient (Wildman–Crippen LogP) is 0.519. The number of primary amides is 1. The third kappa shape index (κ3) is 2.00. The molecule has 1 aromatic rings. The SMILES string of the molecule is NC(=O)Nc1cc(Cl)c[nH]c1=O. The van der Waals surface area contributed by atoms with Crippen molar-refractivity contribution < 1.29 is 4.79 Å². The number of nitrogens with two attached hydrogens (primary N) is 1. The average Bonchev–Trinajstić information content (AvgIpc) is 1.96. The highest BCUT2D eigenvalue weighted by atomic mass is 35.5. The molecule has 0 aliphatic carbocycles. The number of anilines is 1. The molecule has 1 aromatic heterocycles. The lowest BCUT2D eigenvalue weighted by Crippen LogP contribution is -2.24. The molecule has 1 rings (SSSR count). The van der Waals surface area contributed by atoms with Crippen LogP contribution >= 0.6 is 11.6 Å². The van der Waals surface area contributed by atoms with Crippen LogP contribution < -0.4 is 16.6 Å². The summed E-state index contributed by atoms with van der Waals surface area (Å²) in [6.07, 6.45) is 1.32. The van der Waals surface area contributed by atoms with Crippen LogP contribution in [0.2, 0.25) is 5.02 Å². The zero-order valence-electron chi connectivity index (χ0n) is 5.93. The Morgan fingerprint density at radius 2 is 2.33 bits per heavy atom. The van der Waals surface area contributed by atoms with Gasteiger partial charge in [-0.25, -0.2) is 4.79 Å². The van der Waals surface area contributed by atoms with Gasteiger partial charge in [-0.1, -0.05) is 11.6 Å². The van der Waals surface area contributed by atoms with E-state index >= 15 is 0 Å². The van der Waals surface area contributed by atoms with Crippen LogP contribution in [0.15, 0.2) is 17.1 Å². The van der Waals surface area contributed by atoms with Crippen molar-refractivity contribution in [3.05, 3.63) is 27.6 Å². The lowest BCUT2D eigenvalue weighted by Gasteiger charge is -1.99. The predicted molar refractivity (Wildman–Crippen MR) is 45.3 cm³/mol. The number of nitrogens with one attached hydrogen (secondary N) is 2. The van der Waals surface area contributed by atoms with E-state index in [1.54, 1.807) is 0 Å². The first-order valence-corrected chi connectivity index (χ1v) is 3.42. The van der Waals surface area contributed by atoms with E-state index < -0.39 is 11.6 Å². The van der Waals surface area contributed by atoms with Crippen LogP contribution in [0.25, 0.3) is 0 Å². The van der Waals surface area contributed by atoms with Gasteiger partial charge in [0.05, 0.1) is 5.02 Å². The number of hydrogen-bond donors (Lipinski definition) is 3. The van der Waals surface area contributed by atoms with Gasteiger partial charge in [0.15, 0.2) is 0 Å². The molecule has 0 saturated heterocycles. The molecule has 0 bridgehead atoms. The van der Waals surface area contributed by atoms with Gasteiger partial charge < -0.3 is 16.0 Å². The minimum atomic E-state index is -0.803. The highest BCUT2D eigenvalue weighted by molar-refractivity contribution is 6.30. The molecule has 0 spiro atoms. The van der Waals surface area contributed by atoms with Gasteiger partial charge in [-0.3, -0.25) is 4.79 Å². The maximum Gasteiger partial charge on any atom is 0.316 e. The molecule has 0 unspecified atom stereocenters. The van der Waals surface area contributed by atoms with Crippen molar-refractivity contribution in [3.8, 4) is 0 Å². The van der Waals surface area contributed by atoms with Crippen LogP contribution in [0.1, 0.15) is 0 Å². The molecule has 0 radical (unpaired) electrons. The summed E-state index contributed by atoms with van der Waals surface area (Å²) >= 11 is 5.54. The third-order valence-corrected chi connectivity index (χ3v) is 1.34. The van der Waals surface area contributed by atoms with Gasteiger partial charge in [-0.05, 0) is 6.07 Å². The Morgan fingerprint density at radius 1 is 1.67 bits per heavy atom. The molecule has 2 amide bonds. The van der Waals surface area contributed by atoms with E-state index in [2.05, 4.69) is 10.3 Å². The van der Waals surface area contributed by atoms with Crippen molar-refractivity contribution in [3.63, 3.8) is 0 Å². The largest absolute Gasteiger partial charge is 0.351 e. The van der Waals surface area contributed by atoms with E-state index in [1.165, 1.54) is 12.3 Å². The lowest BCUT2D eigenvalue weighted by atomic mass is 10.4. The molecule has 1 heterocycles. The van der Waals surface area contributed by atoms with Crippen molar-refractivity contribution in [1.29, 1.82) is 0 Å². The molecule has 0 fully saturated rings. The summed E-state index contributed by atoms with van der Waals surface area (Å²) in [6.45, 7) is 0. The van der Waals surface area contributed by atoms with Crippen LogP contribution in [0.5, 0.6) is 0 Å². The van der Waals surface area contributed by atoms with Crippen molar-refractivity contribution in [1.82, 2.24) is 4.98 Å². The summed E-state index contributed by atoms with van der Waals surface area (Å²) in [5, 5.41) is 2.44. The van der Waals surface area contributed by atoms with Crippen molar-refractivity contribution >= 4 is 23.3 Å². The molecule has 0 aromatic carbocycles. The highest BCUT2D eigenvalue weighted by Crippen LogP contribution is 2.08. The standard InChI is InChI=1S/C6H6ClN3O2/c7-3-1-4(10-6(8)12)5(11)9-2-3/h1-2H,(H,9,11)(H3,8,10,12). The number of urea groups is 1. The average molecular weight is 188 g/mol. The molecular formula is C6H6ClN3O2. The van der Waals surface area contributed by atoms with Crippen LogP contribution in [-0.2, 0) is 0 Å². The van der Waals surface area contributed by atoms with Gasteiger partial charge >= 0.3 is 6.03 Å². The minimum Gasteiger partial charge on any atom is -0.351 e. The second-order valence-electron chi connectivity index (χ2n) is 2.05. The zero-order valence-corrected chi connectivity index (χ0v) is 6.68. The van der Waals surface area contributed by atoms with E-state index in [0.29, 0.717) is 5.02 Å². The summed E-state index contributed by atoms with van der Waals surface area (Å²) in [6, 6.07) is 0.508. The Labute approximate surface area is 72.5 Å². The molecule has 6 heteroatoms. The van der Waals surface area contributed by atoms with E-state index in [4.69, 9.17) is 17.3 Å². The number of halogens is 1. The molecule has 5 nitrogen and oxygen atoms in total. The molecule has 0 aliphatic heterocycles. The zero-order chi connectivity index (χ0) is 9.14. The number of carbonyl (C=O) groups is 1. The second-order valence-corrected chi connectivity index (χ2v) is 2.49. The fourth-order valence-electron chi connectivity index (χ4n) is 0.683. The molecular weight excluding hydrogens is 182 g/mol. The highest BCUT2D eigenvalue weighted by Gasteiger charge is 2.01. The van der Waals surface area contributed by atoms with Gasteiger partial charge in [-0.15, -0.1) is 0 Å². The Balaban J connectivity index is 3.06. The smallest absolute Gasteiger partial charge is 0.316 e. The maximum absolute atomic E-state index is 10.9. The fraction of sp³-hybridized carbons (Fsp3) is 0. The second kappa shape index (κ2) is 3.27. The van der Waals surface area contributed by atoms with E-state index in [-0.39, 0.29) is 5.69 Å². The fourth-order valence-corrected chi connectivity index (χ4v) is 0.847. The van der Waals surface area contributed by atoms with Crippen LogP contribution in [0.4, 0.5) is 10.5 Å². The van der Waals surface area contributed by atoms with Crippen molar-refractivity contribution in [2.75, 3.05) is 5.32 Å². The molecule has 64 valence electrons. The maximum atomic E-state index is 10.9. The number of H-pyrrole nitrogens is 1. The number of rotatable bonds is 1. The van der Waals surface area contributed by atoms with Crippen molar-refractivity contribution in [2.45, 2.75) is 0 Å². The topological polar surface area (TPSA) is 88.0 Å². The summed E-state index contributed by atoms with van der Waals surface area (Å²) in [4.78, 5) is 23.6. The van der Waals surface area contributed by atoms with Gasteiger partial charge in [0, 0.05) is 6.20 Å². The third-order valence-electron chi connectivity index (χ3n) is 1.13. The Morgan fingerprint density at radius 3 is 2.92 bits per heavy atom. The van der Waals surface area contributed by atoms with Crippen molar-refractivity contribution in [2.24, 2.45) is 5.73 Å². The monoisotopic (exact) mass is 187 g/mol. The first-order chi connectivity index (χ1) is 5.59. The first kappa shape index (κ1) is 8.61. The number of aromatic nitrogens is 1. The Bertz CT molecular complexity index is 360. The summed E-state index contributed by atoms with van der Waals surface area (Å²) in [5.41, 5.74) is 4.39. The number of amides is 2. The van der Waals surface area contributed by atoms with Gasteiger partial charge in [0.1, 0.15) is 5.69 Å². The molecule has 0 aliphatic rings. The summed E-state index contributed by atoms with van der Waals surface area (Å²) in [5.74, 6) is 0. The first-order valence-electron chi connectivity index (χ1n) is 3.04. The van der Waals surface area contributed by atoms with Crippen LogP contribution in [0.3, 0.4) is 0 Å². The number of aromatic amines is 1. The number of carbonyl (C=O) groups excluding carboxylic acids is 1.